The van der Waals surface area contributed by atoms with Gasteiger partial charge in [0.15, 0.2) is 0 Å². The van der Waals surface area contributed by atoms with Crippen molar-refractivity contribution in [2.45, 2.75) is 38.9 Å². The van der Waals surface area contributed by atoms with E-state index in [4.69, 9.17) is 28.6 Å². The Morgan fingerprint density at radius 1 is 1.05 bits per heavy atom. The molecular formula is C30H32ClN3O2S2. The van der Waals surface area contributed by atoms with Crippen LogP contribution in [0.4, 0.5) is 0 Å². The number of hydrogen-bond donors (Lipinski definition) is 1. The summed E-state index contributed by atoms with van der Waals surface area (Å²) in [7, 11) is 0. The number of morpholine rings is 1. The number of rotatable bonds is 10. The van der Waals surface area contributed by atoms with Crippen LogP contribution in [0.5, 0.6) is 0 Å². The number of thiophene rings is 1. The lowest BCUT2D eigenvalue weighted by Gasteiger charge is -2.25. The Morgan fingerprint density at radius 2 is 1.82 bits per heavy atom. The molecule has 8 heteroatoms. The van der Waals surface area contributed by atoms with Crippen LogP contribution < -0.4 is 5.32 Å². The van der Waals surface area contributed by atoms with E-state index in [9.17, 15) is 4.79 Å². The molecule has 0 bridgehead atoms. The van der Waals surface area contributed by atoms with E-state index in [0.29, 0.717) is 11.6 Å². The number of nitrogens with one attached hydrogen (secondary N) is 1. The fourth-order valence-corrected chi connectivity index (χ4v) is 6.45. The minimum atomic E-state index is -0.0370. The zero-order chi connectivity index (χ0) is 26.3. The third-order valence-electron chi connectivity index (χ3n) is 6.82. The number of benzene rings is 2. The van der Waals surface area contributed by atoms with Crippen molar-refractivity contribution in [2.24, 2.45) is 0 Å². The molecule has 38 heavy (non-hydrogen) atoms. The zero-order valence-corrected chi connectivity index (χ0v) is 23.7. The molecule has 1 fully saturated rings. The standard InChI is InChI=1S/C30H32ClN3O2S2/c31-25-10-8-23(9-11-25)19-32-28(35)17-24-20-34(12-4-7-22-5-2-1-3-6-22)30-27(29(24)37)18-26(38-30)21-33-13-15-36-16-14-33/h1-3,5-6,8-11,18,20H,4,7,12-17,19,21H2,(H,32,35). The maximum atomic E-state index is 12.9. The Bertz CT molecular complexity index is 1430. The fraction of sp³-hybridized carbons (Fsp3) is 0.333. The summed E-state index contributed by atoms with van der Waals surface area (Å²) < 4.78 is 8.61. The van der Waals surface area contributed by atoms with Crippen molar-refractivity contribution < 1.29 is 9.53 Å². The minimum Gasteiger partial charge on any atom is -0.379 e. The number of aryl methyl sites for hydroxylation is 2. The molecular weight excluding hydrogens is 534 g/mol. The molecule has 0 aliphatic carbocycles. The average Bonchev–Trinajstić information content (AvgIpc) is 3.36. The van der Waals surface area contributed by atoms with Crippen molar-refractivity contribution >= 4 is 51.3 Å². The molecule has 1 saturated heterocycles. The quantitative estimate of drug-likeness (QED) is 0.226. The minimum absolute atomic E-state index is 0.0370. The number of amides is 1. The molecule has 2 aromatic carbocycles. The van der Waals surface area contributed by atoms with Crippen LogP contribution in [0.15, 0.2) is 66.9 Å². The number of ether oxygens (including phenoxy) is 1. The number of pyridine rings is 1. The molecule has 0 radical (unpaired) electrons. The largest absolute Gasteiger partial charge is 0.379 e. The molecule has 198 valence electrons. The Hall–Kier alpha value is -2.55. The predicted octanol–water partition coefficient (Wildman–Crippen LogP) is 6.41. The van der Waals surface area contributed by atoms with Crippen LogP contribution >= 0.6 is 35.2 Å². The van der Waals surface area contributed by atoms with Gasteiger partial charge < -0.3 is 14.6 Å². The van der Waals surface area contributed by atoms with Crippen molar-refractivity contribution in [3.05, 3.63) is 98.0 Å². The van der Waals surface area contributed by atoms with E-state index in [1.807, 2.05) is 35.6 Å². The molecule has 0 saturated carbocycles. The number of carbonyl (C=O) groups excluding carboxylic acids is 1. The van der Waals surface area contributed by atoms with E-state index in [0.717, 1.165) is 73.3 Å². The van der Waals surface area contributed by atoms with E-state index >= 15 is 0 Å². The molecule has 5 nitrogen and oxygen atoms in total. The highest BCUT2D eigenvalue weighted by Crippen LogP contribution is 2.30. The number of hydrogen-bond acceptors (Lipinski definition) is 5. The summed E-state index contributed by atoms with van der Waals surface area (Å²) in [5.41, 5.74) is 3.25. The van der Waals surface area contributed by atoms with Gasteiger partial charge in [0.2, 0.25) is 5.91 Å². The monoisotopic (exact) mass is 565 g/mol. The van der Waals surface area contributed by atoms with Crippen LogP contribution in [-0.4, -0.2) is 41.7 Å². The van der Waals surface area contributed by atoms with Crippen molar-refractivity contribution in [1.29, 1.82) is 0 Å². The molecule has 3 heterocycles. The molecule has 1 amide bonds. The lowest BCUT2D eigenvalue weighted by molar-refractivity contribution is -0.120. The highest BCUT2D eigenvalue weighted by Gasteiger charge is 2.16. The van der Waals surface area contributed by atoms with Gasteiger partial charge in [0.1, 0.15) is 4.83 Å². The van der Waals surface area contributed by atoms with Crippen molar-refractivity contribution in [3.63, 3.8) is 0 Å². The maximum Gasteiger partial charge on any atom is 0.224 e. The summed E-state index contributed by atoms with van der Waals surface area (Å²) >= 11 is 13.7. The topological polar surface area (TPSA) is 46.5 Å². The van der Waals surface area contributed by atoms with Crippen LogP contribution in [0.2, 0.25) is 5.02 Å². The van der Waals surface area contributed by atoms with E-state index < -0.39 is 0 Å². The first-order chi connectivity index (χ1) is 18.5. The lowest BCUT2D eigenvalue weighted by Crippen LogP contribution is -2.35. The molecule has 0 atom stereocenters. The van der Waals surface area contributed by atoms with Crippen LogP contribution in [0, 0.1) is 4.51 Å². The molecule has 0 spiro atoms. The molecule has 4 aromatic rings. The lowest BCUT2D eigenvalue weighted by atomic mass is 10.1. The van der Waals surface area contributed by atoms with Crippen molar-refractivity contribution in [1.82, 2.24) is 14.8 Å². The van der Waals surface area contributed by atoms with Gasteiger partial charge in [-0.05, 0) is 47.7 Å². The number of fused-ring (bicyclic) bond motifs is 1. The number of halogens is 1. The summed E-state index contributed by atoms with van der Waals surface area (Å²) in [6, 6.07) is 20.3. The SMILES string of the molecule is O=C(Cc1cn(CCCc2ccccc2)c2sc(CN3CCOCC3)cc2c1=S)NCc1ccc(Cl)cc1. The molecule has 1 N–H and O–H groups in total. The Morgan fingerprint density at radius 3 is 2.58 bits per heavy atom. The van der Waals surface area contributed by atoms with Gasteiger partial charge in [0.25, 0.3) is 0 Å². The Labute approximate surface area is 238 Å². The molecule has 1 aliphatic heterocycles. The van der Waals surface area contributed by atoms with E-state index in [1.165, 1.54) is 15.3 Å². The summed E-state index contributed by atoms with van der Waals surface area (Å²) in [5.74, 6) is -0.0370. The predicted molar refractivity (Wildman–Crippen MR) is 159 cm³/mol. The van der Waals surface area contributed by atoms with Crippen LogP contribution in [0.25, 0.3) is 10.2 Å². The highest BCUT2D eigenvalue weighted by molar-refractivity contribution is 7.71. The van der Waals surface area contributed by atoms with E-state index in [2.05, 4.69) is 57.4 Å². The van der Waals surface area contributed by atoms with Gasteiger partial charge in [-0.3, -0.25) is 9.69 Å². The van der Waals surface area contributed by atoms with Crippen LogP contribution in [-0.2, 0) is 42.0 Å². The molecule has 1 aliphatic rings. The first-order valence-electron chi connectivity index (χ1n) is 13.0. The van der Waals surface area contributed by atoms with Gasteiger partial charge in [-0.15, -0.1) is 11.3 Å². The highest BCUT2D eigenvalue weighted by atomic mass is 35.5. The first-order valence-corrected chi connectivity index (χ1v) is 14.7. The van der Waals surface area contributed by atoms with Crippen LogP contribution in [0.3, 0.4) is 0 Å². The van der Waals surface area contributed by atoms with Gasteiger partial charge in [0, 0.05) is 54.2 Å². The van der Waals surface area contributed by atoms with Gasteiger partial charge in [-0.1, -0.05) is 66.3 Å². The maximum absolute atomic E-state index is 12.9. The second-order valence-electron chi connectivity index (χ2n) is 9.67. The summed E-state index contributed by atoms with van der Waals surface area (Å²) in [5, 5.41) is 4.80. The van der Waals surface area contributed by atoms with Crippen molar-refractivity contribution in [2.75, 3.05) is 26.3 Å². The van der Waals surface area contributed by atoms with Gasteiger partial charge in [-0.25, -0.2) is 0 Å². The summed E-state index contributed by atoms with van der Waals surface area (Å²) in [4.78, 5) is 17.8. The Kier molecular flexibility index (Phi) is 9.25. The van der Waals surface area contributed by atoms with Gasteiger partial charge in [0.05, 0.1) is 24.1 Å². The number of aromatic nitrogens is 1. The van der Waals surface area contributed by atoms with Gasteiger partial charge in [-0.2, -0.15) is 0 Å². The van der Waals surface area contributed by atoms with Crippen LogP contribution in [0.1, 0.15) is 28.0 Å². The second kappa shape index (κ2) is 13.0. The second-order valence-corrected chi connectivity index (χ2v) is 11.6. The van der Waals surface area contributed by atoms with Crippen molar-refractivity contribution in [3.8, 4) is 0 Å². The molecule has 0 unspecified atom stereocenters. The molecule has 5 rings (SSSR count). The fourth-order valence-electron chi connectivity index (χ4n) is 4.77. The normalized spacial score (nSPS) is 14.1. The number of nitrogens with zero attached hydrogens (tertiary/aromatic N) is 2. The first kappa shape index (κ1) is 27.0. The smallest absolute Gasteiger partial charge is 0.224 e. The van der Waals surface area contributed by atoms with E-state index in [1.54, 1.807) is 0 Å². The summed E-state index contributed by atoms with van der Waals surface area (Å²) in [6.07, 6.45) is 4.38. The summed E-state index contributed by atoms with van der Waals surface area (Å²) in [6.45, 7) is 5.70. The Balaban J connectivity index is 1.35. The molecule has 2 aromatic heterocycles. The van der Waals surface area contributed by atoms with Gasteiger partial charge >= 0.3 is 0 Å². The third kappa shape index (κ3) is 7.10. The van der Waals surface area contributed by atoms with E-state index in [-0.39, 0.29) is 12.3 Å². The number of carbonyl (C=O) groups is 1. The average molecular weight is 566 g/mol. The third-order valence-corrected chi connectivity index (χ3v) is 8.71. The zero-order valence-electron chi connectivity index (χ0n) is 21.3.